The first kappa shape index (κ1) is 14.8. The summed E-state index contributed by atoms with van der Waals surface area (Å²) in [6.45, 7) is 3.42. The van der Waals surface area contributed by atoms with Gasteiger partial charge in [-0.15, -0.1) is 0 Å². The number of aromatic nitrogens is 1. The van der Waals surface area contributed by atoms with Gasteiger partial charge < -0.3 is 14.9 Å². The van der Waals surface area contributed by atoms with E-state index in [4.69, 9.17) is 4.74 Å². The maximum atomic E-state index is 11.0. The van der Waals surface area contributed by atoms with Crippen molar-refractivity contribution < 1.29 is 19.9 Å². The fraction of sp³-hybridized carbons (Fsp3) is 0.615. The van der Waals surface area contributed by atoms with Crippen LogP contribution >= 0.6 is 0 Å². The van der Waals surface area contributed by atoms with Crippen LogP contribution in [0, 0.1) is 10.1 Å². The van der Waals surface area contributed by atoms with Gasteiger partial charge in [-0.3, -0.25) is 15.1 Å². The van der Waals surface area contributed by atoms with E-state index in [9.17, 15) is 20.3 Å². The largest absolute Gasteiger partial charge is 0.390 e. The van der Waals surface area contributed by atoms with Crippen LogP contribution in [0.4, 0.5) is 5.69 Å². The Kier molecular flexibility index (Phi) is 4.03. The first-order valence-corrected chi connectivity index (χ1v) is 6.54. The minimum Gasteiger partial charge on any atom is -0.390 e. The third kappa shape index (κ3) is 2.39. The Hall–Kier alpha value is -1.57. The van der Waals surface area contributed by atoms with Gasteiger partial charge in [0.25, 0.3) is 5.69 Å². The van der Waals surface area contributed by atoms with Gasteiger partial charge in [-0.1, -0.05) is 6.92 Å². The van der Waals surface area contributed by atoms with Crippen molar-refractivity contribution in [1.29, 1.82) is 0 Å². The monoisotopic (exact) mass is 282 g/mol. The van der Waals surface area contributed by atoms with Crippen LogP contribution < -0.4 is 0 Å². The SMILES string of the molecule is CC[C@]1(O)C(O)C[C@H](c2ccncc2[N+](=O)[O-])O[C@@H]1C. The van der Waals surface area contributed by atoms with Crippen molar-refractivity contribution in [1.82, 2.24) is 4.98 Å². The average molecular weight is 282 g/mol. The minimum absolute atomic E-state index is 0.111. The number of rotatable bonds is 3. The summed E-state index contributed by atoms with van der Waals surface area (Å²) >= 11 is 0. The molecule has 0 aromatic carbocycles. The maximum Gasteiger partial charge on any atom is 0.293 e. The fourth-order valence-electron chi connectivity index (χ4n) is 2.64. The molecule has 0 radical (unpaired) electrons. The van der Waals surface area contributed by atoms with Crippen LogP contribution in [-0.4, -0.2) is 37.9 Å². The minimum atomic E-state index is -1.32. The number of hydrogen-bond donors (Lipinski definition) is 2. The summed E-state index contributed by atoms with van der Waals surface area (Å²) in [6, 6.07) is 1.51. The summed E-state index contributed by atoms with van der Waals surface area (Å²) in [4.78, 5) is 14.2. The second kappa shape index (κ2) is 5.43. The molecular weight excluding hydrogens is 264 g/mol. The Morgan fingerprint density at radius 3 is 2.90 bits per heavy atom. The molecule has 2 N–H and O–H groups in total. The molecule has 1 aromatic rings. The molecule has 2 rings (SSSR count). The molecule has 1 aliphatic rings. The van der Waals surface area contributed by atoms with Crippen molar-refractivity contribution in [2.75, 3.05) is 0 Å². The lowest BCUT2D eigenvalue weighted by Crippen LogP contribution is -2.55. The summed E-state index contributed by atoms with van der Waals surface area (Å²) in [5.41, 5.74) is -1.09. The number of ether oxygens (including phenoxy) is 1. The van der Waals surface area contributed by atoms with E-state index in [0.29, 0.717) is 12.0 Å². The normalized spacial score (nSPS) is 33.9. The molecule has 0 saturated carbocycles. The topological polar surface area (TPSA) is 106 Å². The molecule has 1 aromatic heterocycles. The van der Waals surface area contributed by atoms with Gasteiger partial charge in [-0.25, -0.2) is 0 Å². The van der Waals surface area contributed by atoms with E-state index in [1.54, 1.807) is 13.8 Å². The van der Waals surface area contributed by atoms with Crippen molar-refractivity contribution >= 4 is 5.69 Å². The Bertz CT molecular complexity index is 495. The van der Waals surface area contributed by atoms with E-state index in [1.807, 2.05) is 0 Å². The van der Waals surface area contributed by atoms with Gasteiger partial charge in [0, 0.05) is 12.6 Å². The molecule has 0 amide bonds. The molecule has 7 nitrogen and oxygen atoms in total. The smallest absolute Gasteiger partial charge is 0.293 e. The molecule has 0 spiro atoms. The van der Waals surface area contributed by atoms with Crippen LogP contribution in [-0.2, 0) is 4.74 Å². The highest BCUT2D eigenvalue weighted by Crippen LogP contribution is 2.40. The lowest BCUT2D eigenvalue weighted by atomic mass is 9.81. The van der Waals surface area contributed by atoms with Crippen LogP contribution in [0.15, 0.2) is 18.5 Å². The molecule has 1 fully saturated rings. The lowest BCUT2D eigenvalue weighted by Gasteiger charge is -2.44. The number of aliphatic hydroxyl groups is 2. The first-order chi connectivity index (χ1) is 9.40. The van der Waals surface area contributed by atoms with Crippen LogP contribution in [0.3, 0.4) is 0 Å². The molecule has 4 atom stereocenters. The van der Waals surface area contributed by atoms with Gasteiger partial charge in [0.1, 0.15) is 11.8 Å². The number of nitro groups is 1. The number of hydrogen-bond acceptors (Lipinski definition) is 6. The van der Waals surface area contributed by atoms with Gasteiger partial charge in [0.2, 0.25) is 0 Å². The third-order valence-corrected chi connectivity index (χ3v) is 4.03. The van der Waals surface area contributed by atoms with Crippen molar-refractivity contribution in [3.63, 3.8) is 0 Å². The van der Waals surface area contributed by atoms with Gasteiger partial charge in [-0.05, 0) is 19.4 Å². The molecule has 1 saturated heterocycles. The second-order valence-corrected chi connectivity index (χ2v) is 5.05. The van der Waals surface area contributed by atoms with Crippen molar-refractivity contribution in [3.8, 4) is 0 Å². The van der Waals surface area contributed by atoms with E-state index in [1.165, 1.54) is 12.3 Å². The van der Waals surface area contributed by atoms with Crippen molar-refractivity contribution in [2.45, 2.75) is 50.6 Å². The highest BCUT2D eigenvalue weighted by molar-refractivity contribution is 5.39. The standard InChI is InChI=1S/C13H18N2O5/c1-3-13(17)8(2)20-11(6-12(13)16)9-4-5-14-7-10(9)15(18)19/h4-5,7-8,11-12,16-17H,3,6H2,1-2H3/t8-,11-,12?,13-/m1/s1. The number of aliphatic hydroxyl groups excluding tert-OH is 1. The maximum absolute atomic E-state index is 11.0. The van der Waals surface area contributed by atoms with E-state index in [0.717, 1.165) is 6.20 Å². The quantitative estimate of drug-likeness (QED) is 0.640. The van der Waals surface area contributed by atoms with E-state index < -0.39 is 28.8 Å². The second-order valence-electron chi connectivity index (χ2n) is 5.05. The molecule has 20 heavy (non-hydrogen) atoms. The zero-order valence-corrected chi connectivity index (χ0v) is 11.4. The Morgan fingerprint density at radius 2 is 2.35 bits per heavy atom. The third-order valence-electron chi connectivity index (χ3n) is 4.03. The predicted molar refractivity (Wildman–Crippen MR) is 70.0 cm³/mol. The Labute approximate surface area is 116 Å². The van der Waals surface area contributed by atoms with Crippen molar-refractivity contribution in [3.05, 3.63) is 34.1 Å². The molecule has 110 valence electrons. The zero-order valence-electron chi connectivity index (χ0n) is 11.4. The first-order valence-electron chi connectivity index (χ1n) is 6.54. The molecule has 7 heteroatoms. The lowest BCUT2D eigenvalue weighted by molar-refractivity contribution is -0.387. The van der Waals surface area contributed by atoms with Gasteiger partial charge in [0.05, 0.1) is 28.8 Å². The van der Waals surface area contributed by atoms with Crippen LogP contribution in [0.25, 0.3) is 0 Å². The zero-order chi connectivity index (χ0) is 14.9. The van der Waals surface area contributed by atoms with E-state index in [-0.39, 0.29) is 12.1 Å². The van der Waals surface area contributed by atoms with Crippen molar-refractivity contribution in [2.24, 2.45) is 0 Å². The Balaban J connectivity index is 2.31. The summed E-state index contributed by atoms with van der Waals surface area (Å²) in [5.74, 6) is 0. The molecule has 0 aliphatic carbocycles. The summed E-state index contributed by atoms with van der Waals surface area (Å²) in [6.07, 6.45) is 0.831. The Morgan fingerprint density at radius 1 is 1.65 bits per heavy atom. The van der Waals surface area contributed by atoms with Gasteiger partial charge in [-0.2, -0.15) is 0 Å². The average Bonchev–Trinajstić information content (AvgIpc) is 2.44. The molecule has 2 heterocycles. The van der Waals surface area contributed by atoms with Gasteiger partial charge in [0.15, 0.2) is 0 Å². The molecule has 0 bridgehead atoms. The molecular formula is C13H18N2O5. The van der Waals surface area contributed by atoms with Crippen LogP contribution in [0.2, 0.25) is 0 Å². The predicted octanol–water partition coefficient (Wildman–Crippen LogP) is 1.34. The van der Waals surface area contributed by atoms with E-state index >= 15 is 0 Å². The van der Waals surface area contributed by atoms with E-state index in [2.05, 4.69) is 4.98 Å². The fourth-order valence-corrected chi connectivity index (χ4v) is 2.64. The summed E-state index contributed by atoms with van der Waals surface area (Å²) < 4.78 is 5.70. The van der Waals surface area contributed by atoms with Gasteiger partial charge >= 0.3 is 0 Å². The summed E-state index contributed by atoms with van der Waals surface area (Å²) in [5, 5.41) is 31.5. The highest BCUT2D eigenvalue weighted by atomic mass is 16.6. The molecule has 1 unspecified atom stereocenters. The van der Waals surface area contributed by atoms with Crippen LogP contribution in [0.1, 0.15) is 38.4 Å². The highest BCUT2D eigenvalue weighted by Gasteiger charge is 2.47. The summed E-state index contributed by atoms with van der Waals surface area (Å²) in [7, 11) is 0. The number of nitrogens with zero attached hydrogens (tertiary/aromatic N) is 2. The molecule has 1 aliphatic heterocycles. The number of pyridine rings is 1. The van der Waals surface area contributed by atoms with Crippen LogP contribution in [0.5, 0.6) is 0 Å².